The number of hydrogen-bond acceptors (Lipinski definition) is 2. The average molecular weight is 309 g/mol. The summed E-state index contributed by atoms with van der Waals surface area (Å²) in [6.07, 6.45) is 3.02. The lowest BCUT2D eigenvalue weighted by Gasteiger charge is -2.06. The molecular formula is C20H19N2O+. The molecule has 0 unspecified atom stereocenters. The molecule has 23 heavy (non-hydrogen) atoms. The van der Waals surface area contributed by atoms with Crippen molar-refractivity contribution in [3.63, 3.8) is 0 Å². The number of rotatable bonds is 1. The number of aryl methyl sites for hydroxylation is 4. The van der Waals surface area contributed by atoms with E-state index in [0.29, 0.717) is 21.9 Å². The molecule has 3 aromatic heterocycles. The van der Waals surface area contributed by atoms with E-state index in [-0.39, 0.29) is 11.3 Å². The first-order chi connectivity index (χ1) is 13.5. The van der Waals surface area contributed by atoms with Crippen LogP contribution < -0.4 is 4.57 Å². The summed E-state index contributed by atoms with van der Waals surface area (Å²) in [4.78, 5) is 4.09. The Labute approximate surface area is 143 Å². The molecule has 0 spiro atoms. The largest absolute Gasteiger partial charge is 0.455 e. The molecule has 0 bridgehead atoms. The van der Waals surface area contributed by atoms with Crippen molar-refractivity contribution in [3.05, 3.63) is 59.5 Å². The van der Waals surface area contributed by atoms with Gasteiger partial charge >= 0.3 is 0 Å². The van der Waals surface area contributed by atoms with Crippen molar-refractivity contribution in [1.29, 1.82) is 0 Å². The summed E-state index contributed by atoms with van der Waals surface area (Å²) in [5, 5.41) is 1.14. The molecule has 3 heteroatoms. The molecule has 3 heterocycles. The summed E-state index contributed by atoms with van der Waals surface area (Å²) in [6, 6.07) is 8.73. The summed E-state index contributed by atoms with van der Waals surface area (Å²) in [6.45, 7) is -2.63. The van der Waals surface area contributed by atoms with Gasteiger partial charge in [0, 0.05) is 42.5 Å². The van der Waals surface area contributed by atoms with E-state index >= 15 is 0 Å². The Morgan fingerprint density at radius 2 is 2.04 bits per heavy atom. The third kappa shape index (κ3) is 2.04. The van der Waals surface area contributed by atoms with Gasteiger partial charge in [-0.3, -0.25) is 4.98 Å². The predicted molar refractivity (Wildman–Crippen MR) is 92.3 cm³/mol. The molecule has 0 N–H and O–H groups in total. The topological polar surface area (TPSA) is 29.9 Å². The van der Waals surface area contributed by atoms with E-state index in [1.807, 2.05) is 19.1 Å². The Morgan fingerprint density at radius 1 is 1.13 bits per heavy atom. The fraction of sp³-hybridized carbons (Fsp3) is 0.200. The third-order valence-electron chi connectivity index (χ3n) is 4.15. The highest BCUT2D eigenvalue weighted by atomic mass is 16.3. The molecule has 0 fully saturated rings. The van der Waals surface area contributed by atoms with Gasteiger partial charge in [0.25, 0.3) is 0 Å². The van der Waals surface area contributed by atoms with Crippen molar-refractivity contribution in [2.75, 3.05) is 0 Å². The van der Waals surface area contributed by atoms with Gasteiger partial charge in [-0.25, -0.2) is 4.57 Å². The summed E-state index contributed by atoms with van der Waals surface area (Å²) < 4.78 is 54.1. The quantitative estimate of drug-likeness (QED) is 0.488. The molecule has 3 nitrogen and oxygen atoms in total. The minimum absolute atomic E-state index is 0.00526. The van der Waals surface area contributed by atoms with E-state index in [1.165, 1.54) is 6.20 Å². The van der Waals surface area contributed by atoms with E-state index in [2.05, 4.69) is 4.98 Å². The molecule has 1 aromatic carbocycles. The van der Waals surface area contributed by atoms with E-state index in [4.69, 9.17) is 12.6 Å². The van der Waals surface area contributed by atoms with Crippen LogP contribution in [0.2, 0.25) is 0 Å². The third-order valence-corrected chi connectivity index (χ3v) is 4.15. The van der Waals surface area contributed by atoms with E-state index in [0.717, 1.165) is 16.8 Å². The van der Waals surface area contributed by atoms with E-state index in [1.54, 1.807) is 36.0 Å². The van der Waals surface area contributed by atoms with Crippen molar-refractivity contribution in [2.24, 2.45) is 7.05 Å². The fourth-order valence-electron chi connectivity index (χ4n) is 3.07. The highest BCUT2D eigenvalue weighted by molar-refractivity contribution is 6.10. The van der Waals surface area contributed by atoms with Crippen LogP contribution in [-0.2, 0) is 7.05 Å². The van der Waals surface area contributed by atoms with Gasteiger partial charge in [0.2, 0.25) is 5.69 Å². The first-order valence-corrected chi connectivity index (χ1v) is 7.30. The van der Waals surface area contributed by atoms with E-state index in [9.17, 15) is 0 Å². The van der Waals surface area contributed by atoms with Gasteiger partial charge in [-0.15, -0.1) is 0 Å². The number of aromatic nitrogens is 2. The SMILES string of the molecule is [2H]C([2H])([2H])c1ccc(-c2c(C)ccc3c2oc2ccnc(C([2H])([2H])[2H])c23)[n+](C)c1. The van der Waals surface area contributed by atoms with E-state index < -0.39 is 13.7 Å². The number of furan rings is 1. The van der Waals surface area contributed by atoms with Crippen molar-refractivity contribution >= 4 is 21.9 Å². The summed E-state index contributed by atoms with van der Waals surface area (Å²) in [7, 11) is 1.78. The first-order valence-electron chi connectivity index (χ1n) is 10.3. The molecule has 0 aliphatic carbocycles. The Balaban J connectivity index is 2.05. The highest BCUT2D eigenvalue weighted by Crippen LogP contribution is 2.37. The zero-order valence-electron chi connectivity index (χ0n) is 18.8. The predicted octanol–water partition coefficient (Wildman–Crippen LogP) is 4.40. The van der Waals surface area contributed by atoms with Crippen LogP contribution in [0.5, 0.6) is 0 Å². The maximum atomic E-state index is 7.82. The molecule has 0 saturated carbocycles. The summed E-state index contributed by atoms with van der Waals surface area (Å²) in [5.41, 5.74) is 3.73. The Hall–Kier alpha value is -2.68. The van der Waals surface area contributed by atoms with Gasteiger partial charge in [0.05, 0.1) is 5.56 Å². The molecule has 0 radical (unpaired) electrons. The monoisotopic (exact) mass is 309 g/mol. The van der Waals surface area contributed by atoms with Crippen LogP contribution in [0.1, 0.15) is 25.0 Å². The van der Waals surface area contributed by atoms with Crippen LogP contribution in [0.25, 0.3) is 33.2 Å². The summed E-state index contributed by atoms with van der Waals surface area (Å²) in [5.74, 6) is 0. The zero-order valence-corrected chi connectivity index (χ0v) is 12.8. The second-order valence-electron chi connectivity index (χ2n) is 5.68. The Bertz CT molecular complexity index is 1250. The molecule has 4 rings (SSSR count). The normalized spacial score (nSPS) is 16.4. The number of nitrogens with zero attached hydrogens (tertiary/aromatic N) is 2. The zero-order chi connectivity index (χ0) is 21.1. The molecule has 0 amide bonds. The van der Waals surface area contributed by atoms with Crippen LogP contribution in [0.4, 0.5) is 0 Å². The van der Waals surface area contributed by atoms with Gasteiger partial charge in [0.1, 0.15) is 18.2 Å². The number of hydrogen-bond donors (Lipinski definition) is 0. The Morgan fingerprint density at radius 3 is 2.83 bits per heavy atom. The Kier molecular flexibility index (Phi) is 1.89. The lowest BCUT2D eigenvalue weighted by Crippen LogP contribution is -2.31. The minimum atomic E-state index is -2.37. The molecule has 0 atom stereocenters. The van der Waals surface area contributed by atoms with Crippen molar-refractivity contribution in [2.45, 2.75) is 20.6 Å². The lowest BCUT2D eigenvalue weighted by molar-refractivity contribution is -0.660. The smallest absolute Gasteiger partial charge is 0.216 e. The van der Waals surface area contributed by atoms with Gasteiger partial charge in [-0.2, -0.15) is 0 Å². The van der Waals surface area contributed by atoms with Crippen molar-refractivity contribution in [3.8, 4) is 11.3 Å². The van der Waals surface area contributed by atoms with Gasteiger partial charge in [0.15, 0.2) is 6.20 Å². The number of pyridine rings is 2. The van der Waals surface area contributed by atoms with Crippen molar-refractivity contribution in [1.82, 2.24) is 4.98 Å². The molecule has 0 aliphatic rings. The van der Waals surface area contributed by atoms with Gasteiger partial charge < -0.3 is 4.42 Å². The van der Waals surface area contributed by atoms with Crippen molar-refractivity contribution < 1.29 is 17.2 Å². The standard InChI is InChI=1S/C20H19N2O/c1-12-5-8-16(22(4)11-12)18-13(2)6-7-15-19-14(3)21-10-9-17(19)23-20(15)18/h5-11H,1-4H3/q+1/i1D3,3D3. The number of fused-ring (bicyclic) bond motifs is 3. The molecule has 4 aromatic rings. The fourth-order valence-corrected chi connectivity index (χ4v) is 3.07. The second-order valence-corrected chi connectivity index (χ2v) is 5.68. The lowest BCUT2D eigenvalue weighted by atomic mass is 10.00. The maximum absolute atomic E-state index is 7.82. The highest BCUT2D eigenvalue weighted by Gasteiger charge is 2.21. The second kappa shape index (κ2) is 4.92. The average Bonchev–Trinajstić information content (AvgIpc) is 2.99. The first kappa shape index (κ1) is 8.82. The van der Waals surface area contributed by atoms with Gasteiger partial charge in [-0.05, 0) is 38.3 Å². The van der Waals surface area contributed by atoms with Gasteiger partial charge in [-0.1, -0.05) is 12.1 Å². The molecule has 0 aliphatic heterocycles. The van der Waals surface area contributed by atoms with Crippen LogP contribution in [0.3, 0.4) is 0 Å². The molecule has 0 saturated heterocycles. The molecule has 114 valence electrons. The summed E-state index contributed by atoms with van der Waals surface area (Å²) >= 11 is 0. The van der Waals surface area contributed by atoms with Crippen LogP contribution in [-0.4, -0.2) is 4.98 Å². The minimum Gasteiger partial charge on any atom is -0.455 e. The molecular weight excluding hydrogens is 284 g/mol. The number of benzene rings is 1. The maximum Gasteiger partial charge on any atom is 0.216 e. The van der Waals surface area contributed by atoms with Crippen LogP contribution in [0.15, 0.2) is 47.1 Å². The van der Waals surface area contributed by atoms with Crippen LogP contribution in [0, 0.1) is 20.6 Å². The van der Waals surface area contributed by atoms with Crippen LogP contribution >= 0.6 is 0 Å².